The Kier molecular flexibility index (Phi) is 6.39. The van der Waals surface area contributed by atoms with Crippen molar-refractivity contribution in [2.24, 2.45) is 10.7 Å². The van der Waals surface area contributed by atoms with Crippen molar-refractivity contribution >= 4 is 17.6 Å². The van der Waals surface area contributed by atoms with Crippen molar-refractivity contribution in [1.82, 2.24) is 5.32 Å². The Bertz CT molecular complexity index is 752. The van der Waals surface area contributed by atoms with E-state index in [-0.39, 0.29) is 5.91 Å². The summed E-state index contributed by atoms with van der Waals surface area (Å²) in [5, 5.41) is 5.86. The van der Waals surface area contributed by atoms with Gasteiger partial charge in [-0.2, -0.15) is 0 Å². The van der Waals surface area contributed by atoms with Crippen LogP contribution in [0.15, 0.2) is 47.5 Å². The Labute approximate surface area is 148 Å². The van der Waals surface area contributed by atoms with E-state index in [1.807, 2.05) is 26.0 Å². The minimum atomic E-state index is -0.171. The molecule has 0 saturated carbocycles. The SMILES string of the molecule is COc1cccc(C(=O)NCCN=C(N)Nc2cc(C)cc(C)c2)c1. The molecule has 0 atom stereocenters. The largest absolute Gasteiger partial charge is 0.497 e. The molecule has 132 valence electrons. The molecule has 0 heterocycles. The second-order valence-electron chi connectivity index (χ2n) is 5.76. The molecule has 0 aliphatic heterocycles. The first kappa shape index (κ1) is 18.3. The van der Waals surface area contributed by atoms with Gasteiger partial charge in [0.05, 0.1) is 13.7 Å². The molecule has 0 unspecified atom stereocenters. The Morgan fingerprint density at radius 2 is 1.88 bits per heavy atom. The van der Waals surface area contributed by atoms with Crippen LogP contribution < -0.4 is 21.1 Å². The maximum absolute atomic E-state index is 12.1. The minimum Gasteiger partial charge on any atom is -0.497 e. The number of hydrogen-bond acceptors (Lipinski definition) is 3. The maximum Gasteiger partial charge on any atom is 0.251 e. The molecule has 4 N–H and O–H groups in total. The monoisotopic (exact) mass is 340 g/mol. The summed E-state index contributed by atoms with van der Waals surface area (Å²) in [6.07, 6.45) is 0. The lowest BCUT2D eigenvalue weighted by Crippen LogP contribution is -2.28. The number of benzene rings is 2. The Morgan fingerprint density at radius 1 is 1.16 bits per heavy atom. The average Bonchev–Trinajstić information content (AvgIpc) is 2.57. The first-order valence-electron chi connectivity index (χ1n) is 8.05. The summed E-state index contributed by atoms with van der Waals surface area (Å²) in [4.78, 5) is 16.3. The molecule has 0 aromatic heterocycles. The smallest absolute Gasteiger partial charge is 0.251 e. The molecule has 6 nitrogen and oxygen atoms in total. The van der Waals surface area contributed by atoms with E-state index in [1.165, 1.54) is 0 Å². The van der Waals surface area contributed by atoms with E-state index >= 15 is 0 Å². The second kappa shape index (κ2) is 8.73. The Balaban J connectivity index is 1.82. The maximum atomic E-state index is 12.1. The molecule has 0 aliphatic carbocycles. The van der Waals surface area contributed by atoms with Crippen molar-refractivity contribution in [3.63, 3.8) is 0 Å². The molecule has 2 aromatic carbocycles. The zero-order chi connectivity index (χ0) is 18.2. The van der Waals surface area contributed by atoms with Crippen molar-refractivity contribution in [2.45, 2.75) is 13.8 Å². The molecule has 25 heavy (non-hydrogen) atoms. The van der Waals surface area contributed by atoms with E-state index in [0.29, 0.717) is 30.4 Å². The zero-order valence-corrected chi connectivity index (χ0v) is 14.8. The van der Waals surface area contributed by atoms with Crippen molar-refractivity contribution < 1.29 is 9.53 Å². The third-order valence-corrected chi connectivity index (χ3v) is 3.51. The van der Waals surface area contributed by atoms with E-state index < -0.39 is 0 Å². The fourth-order valence-electron chi connectivity index (χ4n) is 2.45. The number of amides is 1. The van der Waals surface area contributed by atoms with Crippen LogP contribution in [0.3, 0.4) is 0 Å². The molecule has 0 bridgehead atoms. The number of rotatable bonds is 6. The molecule has 0 aliphatic rings. The number of aliphatic imine (C=N–C) groups is 1. The zero-order valence-electron chi connectivity index (χ0n) is 14.8. The molecular weight excluding hydrogens is 316 g/mol. The van der Waals surface area contributed by atoms with Crippen LogP contribution in [0.25, 0.3) is 0 Å². The van der Waals surface area contributed by atoms with Crippen molar-refractivity contribution in [3.05, 3.63) is 59.2 Å². The Hall–Kier alpha value is -3.02. The molecule has 1 amide bonds. The number of ether oxygens (including phenoxy) is 1. The van der Waals surface area contributed by atoms with Crippen LogP contribution in [0.2, 0.25) is 0 Å². The summed E-state index contributed by atoms with van der Waals surface area (Å²) in [5.41, 5.74) is 9.64. The summed E-state index contributed by atoms with van der Waals surface area (Å²) >= 11 is 0. The van der Waals surface area contributed by atoms with Crippen molar-refractivity contribution in [3.8, 4) is 5.75 Å². The highest BCUT2D eigenvalue weighted by atomic mass is 16.5. The topological polar surface area (TPSA) is 88.7 Å². The molecule has 2 aromatic rings. The second-order valence-corrected chi connectivity index (χ2v) is 5.76. The van der Waals surface area contributed by atoms with Crippen LogP contribution in [0.4, 0.5) is 5.69 Å². The number of carbonyl (C=O) groups excluding carboxylic acids is 1. The van der Waals surface area contributed by atoms with E-state index in [4.69, 9.17) is 10.5 Å². The van der Waals surface area contributed by atoms with Gasteiger partial charge in [0.2, 0.25) is 0 Å². The van der Waals surface area contributed by atoms with Crippen LogP contribution >= 0.6 is 0 Å². The molecule has 0 radical (unpaired) electrons. The highest BCUT2D eigenvalue weighted by Crippen LogP contribution is 2.13. The van der Waals surface area contributed by atoms with Gasteiger partial charge in [0.25, 0.3) is 5.91 Å². The predicted octanol–water partition coefficient (Wildman–Crippen LogP) is 2.47. The highest BCUT2D eigenvalue weighted by molar-refractivity contribution is 5.94. The number of nitrogens with two attached hydrogens (primary N) is 1. The molecule has 0 spiro atoms. The van der Waals surface area contributed by atoms with E-state index in [9.17, 15) is 4.79 Å². The van der Waals surface area contributed by atoms with Crippen LogP contribution in [0.5, 0.6) is 5.75 Å². The van der Waals surface area contributed by atoms with Gasteiger partial charge in [-0.3, -0.25) is 9.79 Å². The third kappa shape index (κ3) is 5.84. The van der Waals surface area contributed by atoms with Gasteiger partial charge in [0.1, 0.15) is 5.75 Å². The van der Waals surface area contributed by atoms with Crippen LogP contribution in [-0.4, -0.2) is 32.1 Å². The van der Waals surface area contributed by atoms with Gasteiger partial charge in [0.15, 0.2) is 5.96 Å². The summed E-state index contributed by atoms with van der Waals surface area (Å²) in [6.45, 7) is 4.84. The van der Waals surface area contributed by atoms with Crippen molar-refractivity contribution in [2.75, 3.05) is 25.5 Å². The number of methoxy groups -OCH3 is 1. The number of nitrogens with zero attached hydrogens (tertiary/aromatic N) is 1. The highest BCUT2D eigenvalue weighted by Gasteiger charge is 2.05. The quantitative estimate of drug-likeness (QED) is 0.428. The van der Waals surface area contributed by atoms with Crippen LogP contribution in [-0.2, 0) is 0 Å². The number of guanidine groups is 1. The van der Waals surface area contributed by atoms with Crippen molar-refractivity contribution in [1.29, 1.82) is 0 Å². The normalized spacial score (nSPS) is 11.1. The molecular formula is C19H24N4O2. The molecule has 6 heteroatoms. The summed E-state index contributed by atoms with van der Waals surface area (Å²) in [6, 6.07) is 13.1. The lowest BCUT2D eigenvalue weighted by Gasteiger charge is -2.08. The van der Waals surface area contributed by atoms with Gasteiger partial charge >= 0.3 is 0 Å². The summed E-state index contributed by atoms with van der Waals surface area (Å²) in [5.74, 6) is 0.795. The molecule has 0 saturated heterocycles. The lowest BCUT2D eigenvalue weighted by molar-refractivity contribution is 0.0954. The van der Waals surface area contributed by atoms with Gasteiger partial charge in [-0.1, -0.05) is 12.1 Å². The Morgan fingerprint density at radius 3 is 2.56 bits per heavy atom. The third-order valence-electron chi connectivity index (χ3n) is 3.51. The van der Waals surface area contributed by atoms with Gasteiger partial charge in [-0.15, -0.1) is 0 Å². The number of nitrogens with one attached hydrogen (secondary N) is 2. The molecule has 2 rings (SSSR count). The predicted molar refractivity (Wildman–Crippen MR) is 101 cm³/mol. The summed E-state index contributed by atoms with van der Waals surface area (Å²) < 4.78 is 5.11. The number of anilines is 1. The van der Waals surface area contributed by atoms with E-state index in [0.717, 1.165) is 16.8 Å². The van der Waals surface area contributed by atoms with Crippen LogP contribution in [0.1, 0.15) is 21.5 Å². The van der Waals surface area contributed by atoms with Gasteiger partial charge in [0, 0.05) is 17.8 Å². The van der Waals surface area contributed by atoms with Gasteiger partial charge in [-0.05, 0) is 55.3 Å². The van der Waals surface area contributed by atoms with Gasteiger partial charge in [-0.25, -0.2) is 0 Å². The van der Waals surface area contributed by atoms with E-state index in [1.54, 1.807) is 31.4 Å². The fourth-order valence-corrected chi connectivity index (χ4v) is 2.45. The number of carbonyl (C=O) groups is 1. The van der Waals surface area contributed by atoms with E-state index in [2.05, 4.69) is 21.7 Å². The standard InChI is InChI=1S/C19H24N4O2/c1-13-9-14(2)11-16(10-13)23-19(20)22-8-7-21-18(24)15-5-4-6-17(12-15)25-3/h4-6,9-12H,7-8H2,1-3H3,(H,21,24)(H3,20,22,23). The number of hydrogen-bond donors (Lipinski definition) is 3. The summed E-state index contributed by atoms with van der Waals surface area (Å²) in [7, 11) is 1.57. The average molecular weight is 340 g/mol. The minimum absolute atomic E-state index is 0.171. The number of aryl methyl sites for hydroxylation is 2. The molecule has 0 fully saturated rings. The first-order valence-corrected chi connectivity index (χ1v) is 8.05. The first-order chi connectivity index (χ1) is 12.0. The fraction of sp³-hybridized carbons (Fsp3) is 0.263. The van der Waals surface area contributed by atoms with Crippen LogP contribution in [0, 0.1) is 13.8 Å². The van der Waals surface area contributed by atoms with Gasteiger partial charge < -0.3 is 21.1 Å². The lowest BCUT2D eigenvalue weighted by atomic mass is 10.1.